The fourth-order valence-electron chi connectivity index (χ4n) is 3.11. The van der Waals surface area contributed by atoms with Crippen molar-refractivity contribution in [3.63, 3.8) is 0 Å². The van der Waals surface area contributed by atoms with Crippen molar-refractivity contribution in [2.24, 2.45) is 5.41 Å². The Kier molecular flexibility index (Phi) is 3.85. The molecule has 0 aromatic carbocycles. The largest absolute Gasteiger partial charge is 0.481 e. The maximum absolute atomic E-state index is 12.3. The Morgan fingerprint density at radius 2 is 2.00 bits per heavy atom. The Labute approximate surface area is 113 Å². The molecule has 1 saturated carbocycles. The first-order valence-electron chi connectivity index (χ1n) is 7.03. The number of carboxylic acid groups (broad SMARTS) is 1. The van der Waals surface area contributed by atoms with Crippen LogP contribution in [-0.2, 0) is 14.3 Å². The van der Waals surface area contributed by atoms with Gasteiger partial charge in [0.1, 0.15) is 0 Å². The molecule has 2 aliphatic rings. The number of carboxylic acids is 1. The van der Waals surface area contributed by atoms with E-state index in [1.807, 2.05) is 6.92 Å². The van der Waals surface area contributed by atoms with Gasteiger partial charge in [-0.15, -0.1) is 0 Å². The lowest BCUT2D eigenvalue weighted by Gasteiger charge is -2.40. The molecule has 0 radical (unpaired) electrons. The third-order valence-corrected chi connectivity index (χ3v) is 5.01. The van der Waals surface area contributed by atoms with E-state index in [1.54, 1.807) is 12.0 Å². The van der Waals surface area contributed by atoms with Crippen molar-refractivity contribution in [2.45, 2.75) is 51.0 Å². The highest BCUT2D eigenvalue weighted by atomic mass is 16.5. The van der Waals surface area contributed by atoms with Crippen molar-refractivity contribution in [2.75, 3.05) is 20.2 Å². The van der Waals surface area contributed by atoms with Crippen LogP contribution in [0, 0.1) is 5.41 Å². The summed E-state index contributed by atoms with van der Waals surface area (Å²) in [4.78, 5) is 25.4. The summed E-state index contributed by atoms with van der Waals surface area (Å²) in [5.74, 6) is -0.742. The Bertz CT molecular complexity index is 372. The lowest BCUT2D eigenvalue weighted by atomic mass is 9.77. The summed E-state index contributed by atoms with van der Waals surface area (Å²) in [7, 11) is 1.66. The standard InChI is InChI=1S/C14H23NO4/c1-3-13(12(17)18)7-8-15(10-13)11(16)9-14(19-2)5-4-6-14/h3-10H2,1-2H3,(H,17,18). The van der Waals surface area contributed by atoms with Crippen molar-refractivity contribution < 1.29 is 19.4 Å². The number of methoxy groups -OCH3 is 1. The van der Waals surface area contributed by atoms with Crippen molar-refractivity contribution >= 4 is 11.9 Å². The smallest absolute Gasteiger partial charge is 0.311 e. The Morgan fingerprint density at radius 3 is 2.37 bits per heavy atom. The fourth-order valence-corrected chi connectivity index (χ4v) is 3.11. The first-order chi connectivity index (χ1) is 8.97. The number of likely N-dealkylation sites (tertiary alicyclic amines) is 1. The zero-order valence-corrected chi connectivity index (χ0v) is 11.8. The molecule has 1 N–H and O–H groups in total. The van der Waals surface area contributed by atoms with Gasteiger partial charge in [0.2, 0.25) is 5.91 Å². The van der Waals surface area contributed by atoms with Gasteiger partial charge in [-0.3, -0.25) is 9.59 Å². The van der Waals surface area contributed by atoms with Gasteiger partial charge in [-0.2, -0.15) is 0 Å². The maximum atomic E-state index is 12.3. The molecular weight excluding hydrogens is 246 g/mol. The Morgan fingerprint density at radius 1 is 1.32 bits per heavy atom. The van der Waals surface area contributed by atoms with E-state index >= 15 is 0 Å². The molecule has 0 spiro atoms. The third-order valence-electron chi connectivity index (χ3n) is 5.01. The molecule has 0 aromatic rings. The molecule has 1 amide bonds. The van der Waals surface area contributed by atoms with Crippen LogP contribution in [0.4, 0.5) is 0 Å². The number of amides is 1. The van der Waals surface area contributed by atoms with Gasteiger partial charge in [0, 0.05) is 20.2 Å². The zero-order valence-electron chi connectivity index (χ0n) is 11.8. The minimum atomic E-state index is -0.782. The monoisotopic (exact) mass is 269 g/mol. The van der Waals surface area contributed by atoms with Gasteiger partial charge in [-0.25, -0.2) is 0 Å². The minimum Gasteiger partial charge on any atom is -0.481 e. The summed E-state index contributed by atoms with van der Waals surface area (Å²) in [5, 5.41) is 9.34. The maximum Gasteiger partial charge on any atom is 0.311 e. The number of aliphatic carboxylic acids is 1. The molecule has 1 heterocycles. The second kappa shape index (κ2) is 5.12. The van der Waals surface area contributed by atoms with E-state index in [9.17, 15) is 14.7 Å². The highest BCUT2D eigenvalue weighted by Crippen LogP contribution is 2.40. The third kappa shape index (κ3) is 2.48. The minimum absolute atomic E-state index is 0.0399. The van der Waals surface area contributed by atoms with Gasteiger partial charge in [0.15, 0.2) is 0 Å². The summed E-state index contributed by atoms with van der Waals surface area (Å²) in [5.41, 5.74) is -1.02. The van der Waals surface area contributed by atoms with Crippen LogP contribution >= 0.6 is 0 Å². The van der Waals surface area contributed by atoms with Crippen LogP contribution in [0.25, 0.3) is 0 Å². The number of hydrogen-bond donors (Lipinski definition) is 1. The van der Waals surface area contributed by atoms with Gasteiger partial charge >= 0.3 is 5.97 Å². The van der Waals surface area contributed by atoms with E-state index in [2.05, 4.69) is 0 Å². The van der Waals surface area contributed by atoms with Crippen LogP contribution in [0.15, 0.2) is 0 Å². The molecule has 1 unspecified atom stereocenters. The number of carbonyl (C=O) groups is 2. The highest BCUT2D eigenvalue weighted by Gasteiger charge is 2.47. The normalized spacial score (nSPS) is 29.1. The molecule has 1 aliphatic carbocycles. The topological polar surface area (TPSA) is 66.8 Å². The van der Waals surface area contributed by atoms with E-state index in [-0.39, 0.29) is 11.5 Å². The van der Waals surface area contributed by atoms with Gasteiger partial charge < -0.3 is 14.7 Å². The fraction of sp³-hybridized carbons (Fsp3) is 0.857. The van der Waals surface area contributed by atoms with Crippen LogP contribution in [0.3, 0.4) is 0 Å². The average molecular weight is 269 g/mol. The van der Waals surface area contributed by atoms with Crippen molar-refractivity contribution in [1.82, 2.24) is 4.90 Å². The van der Waals surface area contributed by atoms with Crippen molar-refractivity contribution in [1.29, 1.82) is 0 Å². The molecule has 108 valence electrons. The van der Waals surface area contributed by atoms with Gasteiger partial charge in [0.25, 0.3) is 0 Å². The second-order valence-electron chi connectivity index (χ2n) is 5.92. The lowest BCUT2D eigenvalue weighted by Crippen LogP contribution is -2.45. The average Bonchev–Trinajstić information content (AvgIpc) is 2.79. The summed E-state index contributed by atoms with van der Waals surface area (Å²) in [6.07, 6.45) is 4.49. The van der Waals surface area contributed by atoms with Crippen LogP contribution in [0.5, 0.6) is 0 Å². The highest BCUT2D eigenvalue weighted by molar-refractivity contribution is 5.81. The molecular formula is C14H23NO4. The van der Waals surface area contributed by atoms with Crippen LogP contribution in [0.2, 0.25) is 0 Å². The quantitative estimate of drug-likeness (QED) is 0.824. The first kappa shape index (κ1) is 14.3. The van der Waals surface area contributed by atoms with Crippen molar-refractivity contribution in [3.05, 3.63) is 0 Å². The molecule has 0 bridgehead atoms. The number of hydrogen-bond acceptors (Lipinski definition) is 3. The lowest BCUT2D eigenvalue weighted by molar-refractivity contribution is -0.149. The van der Waals surface area contributed by atoms with E-state index in [4.69, 9.17) is 4.74 Å². The predicted molar refractivity (Wildman–Crippen MR) is 69.8 cm³/mol. The molecule has 5 nitrogen and oxygen atoms in total. The van der Waals surface area contributed by atoms with Crippen LogP contribution < -0.4 is 0 Å². The summed E-state index contributed by atoms with van der Waals surface area (Å²) in [6.45, 7) is 2.78. The van der Waals surface area contributed by atoms with E-state index in [1.165, 1.54) is 0 Å². The number of carbonyl (C=O) groups excluding carboxylic acids is 1. The van der Waals surface area contributed by atoms with Gasteiger partial charge in [-0.1, -0.05) is 6.92 Å². The van der Waals surface area contributed by atoms with Crippen LogP contribution in [-0.4, -0.2) is 47.7 Å². The van der Waals surface area contributed by atoms with Gasteiger partial charge in [0.05, 0.1) is 17.4 Å². The summed E-state index contributed by atoms with van der Waals surface area (Å²) < 4.78 is 5.47. The number of rotatable bonds is 5. The summed E-state index contributed by atoms with van der Waals surface area (Å²) in [6, 6.07) is 0. The summed E-state index contributed by atoms with van der Waals surface area (Å²) >= 11 is 0. The van der Waals surface area contributed by atoms with E-state index in [0.29, 0.717) is 32.4 Å². The molecule has 19 heavy (non-hydrogen) atoms. The molecule has 2 fully saturated rings. The molecule has 0 aromatic heterocycles. The zero-order chi connectivity index (χ0) is 14.1. The molecule has 1 aliphatic heterocycles. The van der Waals surface area contributed by atoms with E-state index in [0.717, 1.165) is 19.3 Å². The second-order valence-corrected chi connectivity index (χ2v) is 5.92. The molecule has 2 rings (SSSR count). The molecule has 1 atom stereocenters. The van der Waals surface area contributed by atoms with Gasteiger partial charge in [-0.05, 0) is 32.1 Å². The number of ether oxygens (including phenoxy) is 1. The first-order valence-corrected chi connectivity index (χ1v) is 7.03. The molecule has 5 heteroatoms. The van der Waals surface area contributed by atoms with Crippen molar-refractivity contribution in [3.8, 4) is 0 Å². The van der Waals surface area contributed by atoms with Crippen LogP contribution in [0.1, 0.15) is 45.4 Å². The predicted octanol–water partition coefficient (Wildman–Crippen LogP) is 1.66. The number of nitrogens with zero attached hydrogens (tertiary/aromatic N) is 1. The Balaban J connectivity index is 1.97. The SMILES string of the molecule is CCC1(C(=O)O)CCN(C(=O)CC2(OC)CCC2)C1. The van der Waals surface area contributed by atoms with E-state index < -0.39 is 11.4 Å². The Hall–Kier alpha value is -1.10. The molecule has 1 saturated heterocycles.